The topological polar surface area (TPSA) is 43.4 Å². The lowest BCUT2D eigenvalue weighted by atomic mass is 10.2. The first kappa shape index (κ1) is 10.7. The molecule has 0 saturated heterocycles. The fourth-order valence-corrected chi connectivity index (χ4v) is 2.10. The van der Waals surface area contributed by atoms with Crippen molar-refractivity contribution in [2.75, 3.05) is 12.9 Å². The van der Waals surface area contributed by atoms with Gasteiger partial charge in [-0.05, 0) is 11.4 Å². The lowest BCUT2D eigenvalue weighted by molar-refractivity contribution is 0.303. The molecule has 0 bridgehead atoms. The van der Waals surface area contributed by atoms with Crippen molar-refractivity contribution in [1.29, 1.82) is 0 Å². The van der Waals surface area contributed by atoms with Crippen LogP contribution in [-0.4, -0.2) is 21.3 Å². The molecule has 13 heavy (non-hydrogen) atoms. The third-order valence-corrected chi connectivity index (χ3v) is 3.23. The smallest absolute Gasteiger partial charge is 0.264 e. The first-order chi connectivity index (χ1) is 5.99. The predicted molar refractivity (Wildman–Crippen MR) is 53.5 cm³/mol. The standard InChI is InChI=1S/C8H12O3S2/c1-7(6-11-13(2,9)10)8-4-3-5-12-8/h3-5,7H,6H2,1-2H3. The molecule has 1 aromatic heterocycles. The van der Waals surface area contributed by atoms with Crippen LogP contribution in [0.15, 0.2) is 17.5 Å². The van der Waals surface area contributed by atoms with Gasteiger partial charge >= 0.3 is 0 Å². The number of hydrogen-bond donors (Lipinski definition) is 0. The van der Waals surface area contributed by atoms with Crippen LogP contribution in [0, 0.1) is 0 Å². The zero-order valence-corrected chi connectivity index (χ0v) is 9.19. The summed E-state index contributed by atoms with van der Waals surface area (Å²) in [5, 5.41) is 1.96. The maximum Gasteiger partial charge on any atom is 0.264 e. The van der Waals surface area contributed by atoms with E-state index in [4.69, 9.17) is 4.18 Å². The Balaban J connectivity index is 2.48. The average Bonchev–Trinajstić information content (AvgIpc) is 2.50. The fourth-order valence-electron chi connectivity index (χ4n) is 0.879. The minimum Gasteiger partial charge on any atom is -0.270 e. The van der Waals surface area contributed by atoms with Gasteiger partial charge in [-0.15, -0.1) is 11.3 Å². The van der Waals surface area contributed by atoms with Gasteiger partial charge in [0.1, 0.15) is 0 Å². The summed E-state index contributed by atoms with van der Waals surface area (Å²) in [6.07, 6.45) is 1.06. The molecule has 5 heteroatoms. The van der Waals surface area contributed by atoms with Crippen LogP contribution in [0.25, 0.3) is 0 Å². The van der Waals surface area contributed by atoms with E-state index < -0.39 is 10.1 Å². The second-order valence-corrected chi connectivity index (χ2v) is 5.53. The molecule has 3 nitrogen and oxygen atoms in total. The third kappa shape index (κ3) is 3.89. The highest BCUT2D eigenvalue weighted by Gasteiger charge is 2.10. The first-order valence-electron chi connectivity index (χ1n) is 3.87. The number of rotatable bonds is 4. The number of thiophene rings is 1. The Kier molecular flexibility index (Phi) is 3.47. The van der Waals surface area contributed by atoms with Gasteiger partial charge in [0.05, 0.1) is 12.9 Å². The molecule has 0 spiro atoms. The van der Waals surface area contributed by atoms with Crippen molar-refractivity contribution in [2.45, 2.75) is 12.8 Å². The van der Waals surface area contributed by atoms with Crippen LogP contribution in [0.5, 0.6) is 0 Å². The normalized spacial score (nSPS) is 14.3. The van der Waals surface area contributed by atoms with Crippen molar-refractivity contribution in [2.24, 2.45) is 0 Å². The van der Waals surface area contributed by atoms with Crippen LogP contribution in [0.3, 0.4) is 0 Å². The molecule has 0 aliphatic heterocycles. The molecule has 0 N–H and O–H groups in total. The Hall–Kier alpha value is -0.390. The van der Waals surface area contributed by atoms with Gasteiger partial charge in [-0.3, -0.25) is 4.18 Å². The summed E-state index contributed by atoms with van der Waals surface area (Å²) in [7, 11) is -3.31. The monoisotopic (exact) mass is 220 g/mol. The predicted octanol–water partition coefficient (Wildman–Crippen LogP) is 1.83. The molecule has 0 aromatic carbocycles. The molecule has 0 radical (unpaired) electrons. The summed E-state index contributed by atoms with van der Waals surface area (Å²) < 4.78 is 26.1. The molecule has 0 aliphatic rings. The highest BCUT2D eigenvalue weighted by atomic mass is 32.2. The van der Waals surface area contributed by atoms with E-state index in [1.165, 1.54) is 0 Å². The van der Waals surface area contributed by atoms with Crippen molar-refractivity contribution in [3.8, 4) is 0 Å². The summed E-state index contributed by atoms with van der Waals surface area (Å²) >= 11 is 1.61. The Morgan fingerprint density at radius 3 is 2.77 bits per heavy atom. The van der Waals surface area contributed by atoms with Gasteiger partial charge in [0, 0.05) is 10.8 Å². The van der Waals surface area contributed by atoms with Gasteiger partial charge in [-0.1, -0.05) is 13.0 Å². The third-order valence-electron chi connectivity index (χ3n) is 1.56. The Bertz CT molecular complexity index is 339. The molecular formula is C8H12O3S2. The summed E-state index contributed by atoms with van der Waals surface area (Å²) in [5.74, 6) is 0.134. The first-order valence-corrected chi connectivity index (χ1v) is 6.56. The highest BCUT2D eigenvalue weighted by molar-refractivity contribution is 7.85. The SMILES string of the molecule is CC(COS(C)(=O)=O)c1cccs1. The van der Waals surface area contributed by atoms with Crippen molar-refractivity contribution in [3.05, 3.63) is 22.4 Å². The van der Waals surface area contributed by atoms with E-state index in [1.807, 2.05) is 24.4 Å². The van der Waals surface area contributed by atoms with Crippen LogP contribution >= 0.6 is 11.3 Å². The Morgan fingerprint density at radius 2 is 2.31 bits per heavy atom. The molecule has 1 heterocycles. The zero-order chi connectivity index (χ0) is 9.90. The van der Waals surface area contributed by atoms with Crippen molar-refractivity contribution in [1.82, 2.24) is 0 Å². The van der Waals surface area contributed by atoms with E-state index >= 15 is 0 Å². The largest absolute Gasteiger partial charge is 0.270 e. The van der Waals surface area contributed by atoms with Crippen LogP contribution in [0.4, 0.5) is 0 Å². The van der Waals surface area contributed by atoms with E-state index in [1.54, 1.807) is 11.3 Å². The van der Waals surface area contributed by atoms with Gasteiger partial charge in [-0.2, -0.15) is 8.42 Å². The van der Waals surface area contributed by atoms with E-state index in [-0.39, 0.29) is 12.5 Å². The van der Waals surface area contributed by atoms with Gasteiger partial charge in [0.25, 0.3) is 10.1 Å². The Morgan fingerprint density at radius 1 is 1.62 bits per heavy atom. The second-order valence-electron chi connectivity index (χ2n) is 2.91. The lowest BCUT2D eigenvalue weighted by Gasteiger charge is -2.07. The van der Waals surface area contributed by atoms with E-state index in [0.29, 0.717) is 0 Å². The van der Waals surface area contributed by atoms with Crippen LogP contribution in [0.1, 0.15) is 17.7 Å². The molecule has 0 fully saturated rings. The highest BCUT2D eigenvalue weighted by Crippen LogP contribution is 2.20. The van der Waals surface area contributed by atoms with Crippen molar-refractivity contribution >= 4 is 21.5 Å². The molecule has 1 rings (SSSR count). The van der Waals surface area contributed by atoms with E-state index in [0.717, 1.165) is 11.1 Å². The maximum absolute atomic E-state index is 10.7. The molecular weight excluding hydrogens is 208 g/mol. The van der Waals surface area contributed by atoms with Crippen molar-refractivity contribution < 1.29 is 12.6 Å². The van der Waals surface area contributed by atoms with Gasteiger partial charge in [0.2, 0.25) is 0 Å². The summed E-state index contributed by atoms with van der Waals surface area (Å²) in [4.78, 5) is 1.14. The van der Waals surface area contributed by atoms with Gasteiger partial charge in [-0.25, -0.2) is 0 Å². The second kappa shape index (κ2) is 4.21. The molecule has 0 amide bonds. The lowest BCUT2D eigenvalue weighted by Crippen LogP contribution is -2.08. The average molecular weight is 220 g/mol. The summed E-state index contributed by atoms with van der Waals surface area (Å²) in [6, 6.07) is 3.91. The molecule has 74 valence electrons. The molecule has 1 aromatic rings. The van der Waals surface area contributed by atoms with Gasteiger partial charge in [0.15, 0.2) is 0 Å². The van der Waals surface area contributed by atoms with E-state index in [9.17, 15) is 8.42 Å². The summed E-state index contributed by atoms with van der Waals surface area (Å²) in [5.41, 5.74) is 0. The maximum atomic E-state index is 10.7. The minimum atomic E-state index is -3.31. The zero-order valence-electron chi connectivity index (χ0n) is 7.56. The summed E-state index contributed by atoms with van der Waals surface area (Å²) in [6.45, 7) is 2.16. The Labute approximate surface area is 82.5 Å². The van der Waals surface area contributed by atoms with E-state index in [2.05, 4.69) is 0 Å². The quantitative estimate of drug-likeness (QED) is 0.727. The van der Waals surface area contributed by atoms with Crippen LogP contribution in [-0.2, 0) is 14.3 Å². The van der Waals surface area contributed by atoms with Crippen molar-refractivity contribution in [3.63, 3.8) is 0 Å². The molecule has 1 atom stereocenters. The number of hydrogen-bond acceptors (Lipinski definition) is 4. The van der Waals surface area contributed by atoms with Gasteiger partial charge < -0.3 is 0 Å². The molecule has 0 saturated carbocycles. The minimum absolute atomic E-state index is 0.134. The fraction of sp³-hybridized carbons (Fsp3) is 0.500. The molecule has 1 unspecified atom stereocenters. The van der Waals surface area contributed by atoms with Crippen LogP contribution < -0.4 is 0 Å². The molecule has 0 aliphatic carbocycles. The van der Waals surface area contributed by atoms with Crippen LogP contribution in [0.2, 0.25) is 0 Å².